The number of benzene rings is 2. The predicted octanol–water partition coefficient (Wildman–Crippen LogP) is 3.49. The van der Waals surface area contributed by atoms with Gasteiger partial charge in [-0.05, 0) is 49.4 Å². The number of ether oxygens (including phenoxy) is 3. The van der Waals surface area contributed by atoms with E-state index in [1.54, 1.807) is 57.7 Å². The Labute approximate surface area is 193 Å². The minimum atomic E-state index is -0.427. The van der Waals surface area contributed by atoms with E-state index in [2.05, 4.69) is 15.4 Å². The minimum absolute atomic E-state index is 0.266. The third-order valence-corrected chi connectivity index (χ3v) is 5.91. The van der Waals surface area contributed by atoms with Gasteiger partial charge < -0.3 is 19.5 Å². The molecular weight excluding hydrogens is 444 g/mol. The van der Waals surface area contributed by atoms with E-state index in [0.29, 0.717) is 38.9 Å². The molecule has 2 aromatic heterocycles. The maximum absolute atomic E-state index is 13.0. The zero-order valence-electron chi connectivity index (χ0n) is 18.5. The fourth-order valence-corrected chi connectivity index (χ4v) is 4.27. The highest BCUT2D eigenvalue weighted by atomic mass is 32.1. The summed E-state index contributed by atoms with van der Waals surface area (Å²) < 4.78 is 17.6. The number of nitrogens with one attached hydrogen (secondary N) is 1. The maximum Gasteiger partial charge on any atom is 0.294 e. The topological polar surface area (TPSA) is 105 Å². The Morgan fingerprint density at radius 3 is 2.42 bits per heavy atom. The van der Waals surface area contributed by atoms with E-state index in [0.717, 1.165) is 9.69 Å². The second-order valence-electron chi connectivity index (χ2n) is 7.07. The molecule has 2 aromatic carbocycles. The summed E-state index contributed by atoms with van der Waals surface area (Å²) in [6.07, 6.45) is 0. The van der Waals surface area contributed by atoms with Gasteiger partial charge >= 0.3 is 0 Å². The van der Waals surface area contributed by atoms with E-state index in [1.165, 1.54) is 11.3 Å². The lowest BCUT2D eigenvalue weighted by Crippen LogP contribution is -2.30. The Balaban J connectivity index is 1.72. The average Bonchev–Trinajstić information content (AvgIpc) is 3.22. The van der Waals surface area contributed by atoms with Crippen LogP contribution in [-0.2, 0) is 11.3 Å². The first-order chi connectivity index (χ1) is 15.9. The van der Waals surface area contributed by atoms with E-state index in [9.17, 15) is 9.59 Å². The van der Waals surface area contributed by atoms with Gasteiger partial charge in [0.05, 0.1) is 31.0 Å². The Kier molecular flexibility index (Phi) is 6.27. The van der Waals surface area contributed by atoms with Gasteiger partial charge in [0.1, 0.15) is 18.0 Å². The minimum Gasteiger partial charge on any atom is -0.497 e. The number of rotatable bonds is 7. The van der Waals surface area contributed by atoms with E-state index in [1.807, 2.05) is 13.0 Å². The van der Waals surface area contributed by atoms with Crippen LogP contribution in [0.1, 0.15) is 5.01 Å². The van der Waals surface area contributed by atoms with Crippen LogP contribution in [0.5, 0.6) is 17.2 Å². The molecule has 0 aliphatic rings. The Hall–Kier alpha value is -3.92. The number of thiazole rings is 1. The summed E-state index contributed by atoms with van der Waals surface area (Å²) in [5, 5.41) is 8.02. The van der Waals surface area contributed by atoms with Crippen molar-refractivity contribution in [2.45, 2.75) is 13.5 Å². The van der Waals surface area contributed by atoms with E-state index >= 15 is 0 Å². The fraction of sp³-hybridized carbons (Fsp3) is 0.217. The van der Waals surface area contributed by atoms with Crippen molar-refractivity contribution in [1.82, 2.24) is 14.8 Å². The first kappa shape index (κ1) is 22.3. The van der Waals surface area contributed by atoms with Crippen molar-refractivity contribution < 1.29 is 19.0 Å². The number of fused-ring (bicyclic) bond motifs is 1. The van der Waals surface area contributed by atoms with Crippen LogP contribution in [0, 0.1) is 6.92 Å². The van der Waals surface area contributed by atoms with Gasteiger partial charge in [-0.15, -0.1) is 11.3 Å². The van der Waals surface area contributed by atoms with Crippen molar-refractivity contribution in [3.63, 3.8) is 0 Å². The van der Waals surface area contributed by atoms with Gasteiger partial charge in [0.2, 0.25) is 5.91 Å². The molecule has 0 saturated heterocycles. The molecule has 0 unspecified atom stereocenters. The number of hydrogen-bond donors (Lipinski definition) is 1. The molecule has 0 saturated carbocycles. The van der Waals surface area contributed by atoms with Gasteiger partial charge in [-0.2, -0.15) is 5.10 Å². The number of methoxy groups -OCH3 is 3. The zero-order valence-corrected chi connectivity index (χ0v) is 19.4. The summed E-state index contributed by atoms with van der Waals surface area (Å²) in [6, 6.07) is 12.3. The Bertz CT molecular complexity index is 1380. The molecule has 2 heterocycles. The fourth-order valence-electron chi connectivity index (χ4n) is 3.36. The highest BCUT2D eigenvalue weighted by molar-refractivity contribution is 7.19. The lowest BCUT2D eigenvalue weighted by Gasteiger charge is -2.12. The van der Waals surface area contributed by atoms with Crippen molar-refractivity contribution in [2.24, 2.45) is 0 Å². The zero-order chi connectivity index (χ0) is 23.5. The van der Waals surface area contributed by atoms with Gasteiger partial charge in [0, 0.05) is 11.3 Å². The molecule has 9 nitrogen and oxygen atoms in total. The SMILES string of the molecule is COc1ccc(NC(=O)Cn2nc(-c3ccc(OC)c(OC)c3)c3sc(C)nc3c2=O)cc1. The molecule has 0 radical (unpaired) electrons. The summed E-state index contributed by atoms with van der Waals surface area (Å²) in [6.45, 7) is 1.56. The molecule has 4 aromatic rings. The number of aromatic nitrogens is 3. The quantitative estimate of drug-likeness (QED) is 0.445. The van der Waals surface area contributed by atoms with Crippen molar-refractivity contribution in [2.75, 3.05) is 26.6 Å². The average molecular weight is 467 g/mol. The number of aryl methyl sites for hydroxylation is 1. The first-order valence-corrected chi connectivity index (χ1v) is 10.8. The number of amides is 1. The largest absolute Gasteiger partial charge is 0.497 e. The highest BCUT2D eigenvalue weighted by Gasteiger charge is 2.19. The van der Waals surface area contributed by atoms with Gasteiger partial charge in [0.25, 0.3) is 5.56 Å². The molecule has 10 heteroatoms. The van der Waals surface area contributed by atoms with Gasteiger partial charge in [-0.3, -0.25) is 9.59 Å². The number of carbonyl (C=O) groups is 1. The van der Waals surface area contributed by atoms with Crippen molar-refractivity contribution >= 4 is 33.1 Å². The number of hydrogen-bond acceptors (Lipinski definition) is 8. The molecule has 0 aliphatic carbocycles. The van der Waals surface area contributed by atoms with Gasteiger partial charge in [-0.25, -0.2) is 9.67 Å². The van der Waals surface area contributed by atoms with E-state index in [-0.39, 0.29) is 18.0 Å². The molecule has 0 atom stereocenters. The van der Waals surface area contributed by atoms with E-state index < -0.39 is 5.56 Å². The van der Waals surface area contributed by atoms with Crippen LogP contribution in [0.25, 0.3) is 21.5 Å². The summed E-state index contributed by atoms with van der Waals surface area (Å²) in [7, 11) is 4.67. The molecular formula is C23H22N4O5S. The van der Waals surface area contributed by atoms with E-state index in [4.69, 9.17) is 14.2 Å². The second kappa shape index (κ2) is 9.29. The maximum atomic E-state index is 13.0. The Morgan fingerprint density at radius 2 is 1.76 bits per heavy atom. The molecule has 0 aliphatic heterocycles. The lowest BCUT2D eigenvalue weighted by atomic mass is 10.1. The van der Waals surface area contributed by atoms with Crippen LogP contribution in [0.15, 0.2) is 47.3 Å². The summed E-state index contributed by atoms with van der Waals surface area (Å²) in [4.78, 5) is 30.1. The normalized spacial score (nSPS) is 10.8. The third-order valence-electron chi connectivity index (χ3n) is 4.93. The molecule has 0 fully saturated rings. The monoisotopic (exact) mass is 466 g/mol. The molecule has 0 bridgehead atoms. The van der Waals surface area contributed by atoms with Crippen molar-refractivity contribution in [3.8, 4) is 28.5 Å². The summed E-state index contributed by atoms with van der Waals surface area (Å²) in [5.74, 6) is 1.39. The van der Waals surface area contributed by atoms with Crippen molar-refractivity contribution in [1.29, 1.82) is 0 Å². The molecule has 33 heavy (non-hydrogen) atoms. The smallest absolute Gasteiger partial charge is 0.294 e. The number of nitrogens with zero attached hydrogens (tertiary/aromatic N) is 3. The van der Waals surface area contributed by atoms with Crippen LogP contribution in [0.4, 0.5) is 5.69 Å². The predicted molar refractivity (Wildman–Crippen MR) is 127 cm³/mol. The molecule has 170 valence electrons. The first-order valence-electron chi connectivity index (χ1n) is 9.98. The molecule has 1 amide bonds. The molecule has 0 spiro atoms. The standard InChI is InChI=1S/C23H22N4O5S/c1-13-24-21-22(33-13)20(14-5-10-17(31-3)18(11-14)32-4)26-27(23(21)29)12-19(28)25-15-6-8-16(30-2)9-7-15/h5-11H,12H2,1-4H3,(H,25,28). The van der Waals surface area contributed by atoms with Crippen LogP contribution in [-0.4, -0.2) is 42.0 Å². The summed E-state index contributed by atoms with van der Waals surface area (Å²) >= 11 is 1.37. The van der Waals surface area contributed by atoms with Gasteiger partial charge in [0.15, 0.2) is 17.0 Å². The highest BCUT2D eigenvalue weighted by Crippen LogP contribution is 2.35. The van der Waals surface area contributed by atoms with Gasteiger partial charge in [-0.1, -0.05) is 0 Å². The lowest BCUT2D eigenvalue weighted by molar-refractivity contribution is -0.117. The number of carbonyl (C=O) groups excluding carboxylic acids is 1. The summed E-state index contributed by atoms with van der Waals surface area (Å²) in [5.41, 5.74) is 1.68. The second-order valence-corrected chi connectivity index (χ2v) is 8.27. The molecule has 1 N–H and O–H groups in total. The van der Waals surface area contributed by atoms with Crippen molar-refractivity contribution in [3.05, 3.63) is 57.8 Å². The van der Waals surface area contributed by atoms with Crippen LogP contribution in [0.2, 0.25) is 0 Å². The Morgan fingerprint density at radius 1 is 1.03 bits per heavy atom. The van der Waals surface area contributed by atoms with Crippen LogP contribution >= 0.6 is 11.3 Å². The van der Waals surface area contributed by atoms with Crippen LogP contribution < -0.4 is 25.1 Å². The van der Waals surface area contributed by atoms with Crippen LogP contribution in [0.3, 0.4) is 0 Å². The number of anilines is 1. The third kappa shape index (κ3) is 4.51. The molecule has 4 rings (SSSR count).